The predicted molar refractivity (Wildman–Crippen MR) is 121 cm³/mol. The third kappa shape index (κ3) is 4.02. The Morgan fingerprint density at radius 1 is 1.00 bits per heavy atom. The van der Waals surface area contributed by atoms with Gasteiger partial charge in [0.2, 0.25) is 5.91 Å². The average Bonchev–Trinajstić information content (AvgIpc) is 3.35. The molecular formula is C24H24FN5O3. The molecule has 0 aliphatic carbocycles. The van der Waals surface area contributed by atoms with Crippen molar-refractivity contribution in [1.29, 1.82) is 0 Å². The molecule has 5 rings (SSSR count). The van der Waals surface area contributed by atoms with E-state index in [0.29, 0.717) is 38.3 Å². The topological polar surface area (TPSA) is 88.8 Å². The number of carbonyl (C=O) groups is 3. The molecule has 3 heterocycles. The van der Waals surface area contributed by atoms with Gasteiger partial charge in [-0.3, -0.25) is 14.5 Å². The van der Waals surface area contributed by atoms with Gasteiger partial charge in [0.05, 0.1) is 5.69 Å². The van der Waals surface area contributed by atoms with Gasteiger partial charge in [0.1, 0.15) is 18.4 Å². The maximum absolute atomic E-state index is 14.0. The van der Waals surface area contributed by atoms with E-state index in [1.54, 1.807) is 23.1 Å². The fourth-order valence-electron chi connectivity index (χ4n) is 4.53. The number of imide groups is 1. The number of benzene rings is 2. The highest BCUT2D eigenvalue weighted by molar-refractivity contribution is 6.06. The van der Waals surface area contributed by atoms with Crippen molar-refractivity contribution in [2.45, 2.75) is 12.5 Å². The van der Waals surface area contributed by atoms with Crippen LogP contribution in [-0.2, 0) is 16.0 Å². The van der Waals surface area contributed by atoms with Gasteiger partial charge in [-0.15, -0.1) is 0 Å². The summed E-state index contributed by atoms with van der Waals surface area (Å²) < 4.78 is 14.0. The molecular weight excluding hydrogens is 425 g/mol. The molecule has 0 unspecified atom stereocenters. The Kier molecular flexibility index (Phi) is 5.45. The molecule has 33 heavy (non-hydrogen) atoms. The normalized spacial score (nSPS) is 18.8. The van der Waals surface area contributed by atoms with E-state index < -0.39 is 18.0 Å². The minimum Gasteiger partial charge on any atom is -0.366 e. The second kappa shape index (κ2) is 8.57. The second-order valence-electron chi connectivity index (χ2n) is 8.31. The van der Waals surface area contributed by atoms with Crippen LogP contribution >= 0.6 is 0 Å². The molecule has 2 N–H and O–H groups in total. The van der Waals surface area contributed by atoms with E-state index in [4.69, 9.17) is 0 Å². The minimum absolute atomic E-state index is 0.292. The van der Waals surface area contributed by atoms with Crippen LogP contribution in [0, 0.1) is 5.82 Å². The van der Waals surface area contributed by atoms with Gasteiger partial charge in [-0.1, -0.05) is 30.3 Å². The van der Waals surface area contributed by atoms with Crippen LogP contribution in [0.25, 0.3) is 10.9 Å². The molecule has 2 aromatic carbocycles. The second-order valence-corrected chi connectivity index (χ2v) is 8.31. The van der Waals surface area contributed by atoms with Crippen molar-refractivity contribution in [3.05, 3.63) is 66.1 Å². The number of aromatic amines is 1. The number of H-pyrrole nitrogens is 1. The lowest BCUT2D eigenvalue weighted by Crippen LogP contribution is -2.52. The van der Waals surface area contributed by atoms with Crippen molar-refractivity contribution in [2.24, 2.45) is 0 Å². The fraction of sp³-hybridized carbons (Fsp3) is 0.292. The Morgan fingerprint density at radius 3 is 2.52 bits per heavy atom. The first kappa shape index (κ1) is 21.0. The number of amides is 4. The number of rotatable bonds is 5. The number of fused-ring (bicyclic) bond motifs is 1. The molecule has 4 amide bonds. The van der Waals surface area contributed by atoms with Gasteiger partial charge < -0.3 is 20.1 Å². The summed E-state index contributed by atoms with van der Waals surface area (Å²) >= 11 is 0. The first-order chi connectivity index (χ1) is 16.0. The lowest BCUT2D eigenvalue weighted by Gasteiger charge is -2.36. The van der Waals surface area contributed by atoms with Crippen molar-refractivity contribution in [3.63, 3.8) is 0 Å². The maximum Gasteiger partial charge on any atom is 0.325 e. The van der Waals surface area contributed by atoms with E-state index in [1.165, 1.54) is 6.07 Å². The number of aromatic nitrogens is 1. The number of nitrogens with one attached hydrogen (secondary N) is 2. The molecule has 1 aromatic heterocycles. The van der Waals surface area contributed by atoms with Gasteiger partial charge in [-0.05, 0) is 23.8 Å². The Bertz CT molecular complexity index is 1220. The molecule has 3 aromatic rings. The van der Waals surface area contributed by atoms with Crippen LogP contribution in [0.4, 0.5) is 14.9 Å². The van der Waals surface area contributed by atoms with Crippen LogP contribution in [0.2, 0.25) is 0 Å². The quantitative estimate of drug-likeness (QED) is 0.584. The largest absolute Gasteiger partial charge is 0.366 e. The van der Waals surface area contributed by atoms with Crippen molar-refractivity contribution in [1.82, 2.24) is 20.1 Å². The number of nitrogens with zero attached hydrogens (tertiary/aromatic N) is 3. The van der Waals surface area contributed by atoms with Crippen molar-refractivity contribution in [2.75, 3.05) is 37.6 Å². The first-order valence-electron chi connectivity index (χ1n) is 11.0. The number of hydrogen-bond acceptors (Lipinski definition) is 4. The molecule has 2 saturated heterocycles. The van der Waals surface area contributed by atoms with Crippen LogP contribution in [0.5, 0.6) is 0 Å². The minimum atomic E-state index is -0.706. The molecule has 170 valence electrons. The van der Waals surface area contributed by atoms with Gasteiger partial charge in [0.15, 0.2) is 0 Å². The third-order valence-corrected chi connectivity index (χ3v) is 6.32. The Balaban J connectivity index is 1.19. The zero-order chi connectivity index (χ0) is 22.9. The zero-order valence-corrected chi connectivity index (χ0v) is 18.0. The lowest BCUT2D eigenvalue weighted by molar-refractivity contribution is -0.137. The summed E-state index contributed by atoms with van der Waals surface area (Å²) in [6, 6.07) is 13.1. The summed E-state index contributed by atoms with van der Waals surface area (Å²) in [7, 11) is 0. The van der Waals surface area contributed by atoms with E-state index in [2.05, 4.69) is 10.3 Å². The zero-order valence-electron chi connectivity index (χ0n) is 18.0. The fourth-order valence-corrected chi connectivity index (χ4v) is 4.53. The molecule has 2 fully saturated rings. The summed E-state index contributed by atoms with van der Waals surface area (Å²) in [5, 5.41) is 3.70. The average molecular weight is 449 g/mol. The SMILES string of the molecule is O=C(CN1C(=O)N[C@@H](Cc2c[nH]c3ccccc23)C1=O)N1CCN(c2ccccc2F)CC1. The molecule has 8 nitrogen and oxygen atoms in total. The molecule has 0 spiro atoms. The van der Waals surface area contributed by atoms with E-state index in [1.807, 2.05) is 35.4 Å². The summed E-state index contributed by atoms with van der Waals surface area (Å²) in [5.41, 5.74) is 2.41. The van der Waals surface area contributed by atoms with Crippen molar-refractivity contribution >= 4 is 34.4 Å². The lowest BCUT2D eigenvalue weighted by atomic mass is 10.1. The number of halogens is 1. The van der Waals surface area contributed by atoms with Crippen LogP contribution in [0.3, 0.4) is 0 Å². The molecule has 2 aliphatic heterocycles. The highest BCUT2D eigenvalue weighted by Crippen LogP contribution is 2.22. The first-order valence-corrected chi connectivity index (χ1v) is 11.0. The number of urea groups is 1. The van der Waals surface area contributed by atoms with E-state index >= 15 is 0 Å². The van der Waals surface area contributed by atoms with Crippen LogP contribution in [-0.4, -0.2) is 71.4 Å². The highest BCUT2D eigenvalue weighted by atomic mass is 19.1. The smallest absolute Gasteiger partial charge is 0.325 e. The van der Waals surface area contributed by atoms with Gasteiger partial charge in [-0.2, -0.15) is 0 Å². The van der Waals surface area contributed by atoms with E-state index in [9.17, 15) is 18.8 Å². The molecule has 0 saturated carbocycles. The number of hydrogen-bond donors (Lipinski definition) is 2. The van der Waals surface area contributed by atoms with Crippen molar-refractivity contribution in [3.8, 4) is 0 Å². The molecule has 0 radical (unpaired) electrons. The van der Waals surface area contributed by atoms with Gasteiger partial charge >= 0.3 is 6.03 Å². The van der Waals surface area contributed by atoms with Gasteiger partial charge in [-0.25, -0.2) is 9.18 Å². The van der Waals surface area contributed by atoms with E-state index in [0.717, 1.165) is 21.4 Å². The number of para-hydroxylation sites is 2. The van der Waals surface area contributed by atoms with Crippen LogP contribution in [0.15, 0.2) is 54.7 Å². The third-order valence-electron chi connectivity index (χ3n) is 6.32. The molecule has 2 aliphatic rings. The van der Waals surface area contributed by atoms with E-state index in [-0.39, 0.29) is 18.3 Å². The monoisotopic (exact) mass is 449 g/mol. The summed E-state index contributed by atoms with van der Waals surface area (Å²) in [5.74, 6) is -0.985. The van der Waals surface area contributed by atoms with Crippen molar-refractivity contribution < 1.29 is 18.8 Å². The predicted octanol–water partition coefficient (Wildman–Crippen LogP) is 2.12. The summed E-state index contributed by atoms with van der Waals surface area (Å²) in [6.45, 7) is 1.46. The Morgan fingerprint density at radius 2 is 1.73 bits per heavy atom. The Hall–Kier alpha value is -3.88. The standard InChI is InChI=1S/C24H24FN5O3/c25-18-6-2-4-8-21(18)28-9-11-29(12-10-28)22(31)15-30-23(32)20(27-24(30)33)13-16-14-26-19-7-3-1-5-17(16)19/h1-8,14,20,26H,9-13,15H2,(H,27,33)/t20-/m0/s1. The van der Waals surface area contributed by atoms with Gasteiger partial charge in [0.25, 0.3) is 5.91 Å². The maximum atomic E-state index is 14.0. The molecule has 0 bridgehead atoms. The number of carbonyl (C=O) groups excluding carboxylic acids is 3. The summed E-state index contributed by atoms with van der Waals surface area (Å²) in [6.07, 6.45) is 2.19. The summed E-state index contributed by atoms with van der Waals surface area (Å²) in [4.78, 5) is 45.8. The number of piperazine rings is 1. The molecule has 1 atom stereocenters. The Labute approximate surface area is 189 Å². The van der Waals surface area contributed by atoms with Crippen LogP contribution in [0.1, 0.15) is 5.56 Å². The number of anilines is 1. The highest BCUT2D eigenvalue weighted by Gasteiger charge is 2.40. The van der Waals surface area contributed by atoms with Crippen LogP contribution < -0.4 is 10.2 Å². The van der Waals surface area contributed by atoms with Gasteiger partial charge in [0, 0.05) is 49.7 Å². The molecule has 9 heteroatoms.